The summed E-state index contributed by atoms with van der Waals surface area (Å²) < 4.78 is 6.69. The van der Waals surface area contributed by atoms with Crippen molar-refractivity contribution in [3.05, 3.63) is 63.9 Å². The Bertz CT molecular complexity index is 1040. The number of aromatic nitrogens is 2. The van der Waals surface area contributed by atoms with E-state index in [1.165, 1.54) is 11.8 Å². The Kier molecular flexibility index (Phi) is 6.49. The Labute approximate surface area is 167 Å². The van der Waals surface area contributed by atoms with Gasteiger partial charge in [-0.15, -0.1) is 0 Å². The lowest BCUT2D eigenvalue weighted by molar-refractivity contribution is -0.113. The third-order valence-corrected chi connectivity index (χ3v) is 5.40. The molecule has 0 saturated carbocycles. The second-order valence-corrected chi connectivity index (χ2v) is 7.41. The number of hydrogen-bond acceptors (Lipinski definition) is 5. The fraction of sp³-hybridized carbons (Fsp3) is 0.286. The molecule has 0 spiro atoms. The molecule has 7 heteroatoms. The number of aryl methyl sites for hydroxylation is 2. The Morgan fingerprint density at radius 1 is 1.14 bits per heavy atom. The highest BCUT2D eigenvalue weighted by Gasteiger charge is 2.14. The molecule has 0 aliphatic carbocycles. The predicted molar refractivity (Wildman–Crippen MR) is 113 cm³/mol. The van der Waals surface area contributed by atoms with Gasteiger partial charge in [-0.05, 0) is 37.1 Å². The van der Waals surface area contributed by atoms with E-state index in [1.807, 2.05) is 44.2 Å². The van der Waals surface area contributed by atoms with Crippen molar-refractivity contribution in [2.24, 2.45) is 0 Å². The van der Waals surface area contributed by atoms with Crippen molar-refractivity contribution in [1.29, 1.82) is 0 Å². The summed E-state index contributed by atoms with van der Waals surface area (Å²) in [5.74, 6) is 0.0223. The lowest BCUT2D eigenvalue weighted by atomic mass is 10.1. The molecule has 0 aliphatic heterocycles. The molecule has 3 aromatic rings. The number of nitrogens with zero attached hydrogens (tertiary/aromatic N) is 2. The number of rotatable bonds is 7. The first-order valence-electron chi connectivity index (χ1n) is 8.98. The van der Waals surface area contributed by atoms with Crippen LogP contribution >= 0.6 is 11.8 Å². The number of carbonyl (C=O) groups is 1. The second-order valence-electron chi connectivity index (χ2n) is 6.46. The third kappa shape index (κ3) is 4.43. The molecule has 1 heterocycles. The third-order valence-electron chi connectivity index (χ3n) is 4.42. The smallest absolute Gasteiger partial charge is 0.262 e. The molecular weight excluding hydrogens is 374 g/mol. The second kappa shape index (κ2) is 9.03. The number of nitrogens with one attached hydrogen (secondary N) is 1. The van der Waals surface area contributed by atoms with Gasteiger partial charge in [0.1, 0.15) is 0 Å². The van der Waals surface area contributed by atoms with E-state index in [1.54, 1.807) is 23.8 Å². The van der Waals surface area contributed by atoms with Crippen molar-refractivity contribution in [2.45, 2.75) is 25.5 Å². The lowest BCUT2D eigenvalue weighted by Gasteiger charge is -2.14. The molecule has 0 bridgehead atoms. The van der Waals surface area contributed by atoms with Gasteiger partial charge in [0.2, 0.25) is 5.91 Å². The van der Waals surface area contributed by atoms with Gasteiger partial charge < -0.3 is 10.1 Å². The zero-order valence-corrected chi connectivity index (χ0v) is 17.0. The number of para-hydroxylation sites is 2. The Hall–Kier alpha value is -2.64. The average Bonchev–Trinajstić information content (AvgIpc) is 2.69. The maximum Gasteiger partial charge on any atom is 0.262 e. The number of benzene rings is 2. The molecule has 0 unspecified atom stereocenters. The standard InChI is InChI=1S/C21H23N3O3S/c1-14-7-6-8-15(2)19(14)23-18(25)13-28-21-22-17-10-5-4-9-16(17)20(26)24(21)11-12-27-3/h4-10H,11-13H2,1-3H3,(H,23,25). The van der Waals surface area contributed by atoms with E-state index in [9.17, 15) is 9.59 Å². The molecule has 1 amide bonds. The summed E-state index contributed by atoms with van der Waals surface area (Å²) in [5, 5.41) is 4.03. The molecule has 2 aromatic carbocycles. The van der Waals surface area contributed by atoms with E-state index >= 15 is 0 Å². The molecule has 1 aromatic heterocycles. The van der Waals surface area contributed by atoms with Crippen LogP contribution < -0.4 is 10.9 Å². The van der Waals surface area contributed by atoms with Crippen LogP contribution in [0.2, 0.25) is 0 Å². The zero-order chi connectivity index (χ0) is 20.1. The van der Waals surface area contributed by atoms with Gasteiger partial charge >= 0.3 is 0 Å². The zero-order valence-electron chi connectivity index (χ0n) is 16.2. The van der Waals surface area contributed by atoms with Crippen LogP contribution in [0.4, 0.5) is 5.69 Å². The van der Waals surface area contributed by atoms with Gasteiger partial charge in [0.05, 0.1) is 29.8 Å². The minimum Gasteiger partial charge on any atom is -0.383 e. The summed E-state index contributed by atoms with van der Waals surface area (Å²) in [6.45, 7) is 4.70. The molecule has 0 saturated heterocycles. The summed E-state index contributed by atoms with van der Waals surface area (Å²) in [6, 6.07) is 13.1. The molecular formula is C21H23N3O3S. The van der Waals surface area contributed by atoms with Gasteiger partial charge in [0, 0.05) is 12.8 Å². The molecule has 6 nitrogen and oxygen atoms in total. The maximum atomic E-state index is 12.8. The molecule has 0 radical (unpaired) electrons. The van der Waals surface area contributed by atoms with Gasteiger partial charge in [-0.1, -0.05) is 42.1 Å². The molecule has 146 valence electrons. The summed E-state index contributed by atoms with van der Waals surface area (Å²) in [4.78, 5) is 29.9. The topological polar surface area (TPSA) is 73.2 Å². The Balaban J connectivity index is 1.83. The van der Waals surface area contributed by atoms with Crippen LogP contribution in [-0.4, -0.2) is 34.9 Å². The molecule has 0 atom stereocenters. The first kappa shape index (κ1) is 20.1. The maximum absolute atomic E-state index is 12.8. The van der Waals surface area contributed by atoms with Crippen LogP contribution in [0.3, 0.4) is 0 Å². The summed E-state index contributed by atoms with van der Waals surface area (Å²) in [6.07, 6.45) is 0. The number of methoxy groups -OCH3 is 1. The Morgan fingerprint density at radius 3 is 2.57 bits per heavy atom. The number of carbonyl (C=O) groups excluding carboxylic acids is 1. The van der Waals surface area contributed by atoms with Crippen LogP contribution in [0.5, 0.6) is 0 Å². The van der Waals surface area contributed by atoms with Crippen LogP contribution in [0.25, 0.3) is 10.9 Å². The fourth-order valence-corrected chi connectivity index (χ4v) is 3.78. The van der Waals surface area contributed by atoms with Gasteiger partial charge in [-0.25, -0.2) is 4.98 Å². The van der Waals surface area contributed by atoms with E-state index in [4.69, 9.17) is 4.74 Å². The van der Waals surface area contributed by atoms with E-state index in [2.05, 4.69) is 10.3 Å². The molecule has 0 fully saturated rings. The number of hydrogen-bond donors (Lipinski definition) is 1. The highest BCUT2D eigenvalue weighted by Crippen LogP contribution is 2.21. The predicted octanol–water partition coefficient (Wildman–Crippen LogP) is 3.39. The minimum absolute atomic E-state index is 0.125. The van der Waals surface area contributed by atoms with Crippen molar-refractivity contribution < 1.29 is 9.53 Å². The van der Waals surface area contributed by atoms with Crippen molar-refractivity contribution in [3.63, 3.8) is 0 Å². The first-order chi connectivity index (χ1) is 13.5. The number of fused-ring (bicyclic) bond motifs is 1. The van der Waals surface area contributed by atoms with Crippen molar-refractivity contribution in [1.82, 2.24) is 9.55 Å². The molecule has 1 N–H and O–H groups in total. The van der Waals surface area contributed by atoms with Crippen LogP contribution in [0.1, 0.15) is 11.1 Å². The monoisotopic (exact) mass is 397 g/mol. The van der Waals surface area contributed by atoms with Crippen molar-refractivity contribution in [3.8, 4) is 0 Å². The molecule has 3 rings (SSSR count). The van der Waals surface area contributed by atoms with E-state index < -0.39 is 0 Å². The van der Waals surface area contributed by atoms with Crippen LogP contribution in [-0.2, 0) is 16.1 Å². The van der Waals surface area contributed by atoms with E-state index in [0.29, 0.717) is 29.2 Å². The number of ether oxygens (including phenoxy) is 1. The van der Waals surface area contributed by atoms with Gasteiger partial charge in [0.15, 0.2) is 5.16 Å². The van der Waals surface area contributed by atoms with E-state index in [0.717, 1.165) is 16.8 Å². The fourth-order valence-electron chi connectivity index (χ4n) is 2.95. The van der Waals surface area contributed by atoms with Gasteiger partial charge in [0.25, 0.3) is 5.56 Å². The first-order valence-corrected chi connectivity index (χ1v) is 9.97. The SMILES string of the molecule is COCCn1c(SCC(=O)Nc2c(C)cccc2C)nc2ccccc2c1=O. The summed E-state index contributed by atoms with van der Waals surface area (Å²) in [7, 11) is 1.59. The van der Waals surface area contributed by atoms with Crippen molar-refractivity contribution >= 4 is 34.3 Å². The van der Waals surface area contributed by atoms with Gasteiger partial charge in [-0.2, -0.15) is 0 Å². The average molecular weight is 398 g/mol. The van der Waals surface area contributed by atoms with Crippen LogP contribution in [0, 0.1) is 13.8 Å². The van der Waals surface area contributed by atoms with E-state index in [-0.39, 0.29) is 17.2 Å². The van der Waals surface area contributed by atoms with Gasteiger partial charge in [-0.3, -0.25) is 14.2 Å². The normalized spacial score (nSPS) is 11.0. The highest BCUT2D eigenvalue weighted by molar-refractivity contribution is 7.99. The highest BCUT2D eigenvalue weighted by atomic mass is 32.2. The van der Waals surface area contributed by atoms with Crippen molar-refractivity contribution in [2.75, 3.05) is 24.8 Å². The summed E-state index contributed by atoms with van der Waals surface area (Å²) >= 11 is 1.25. The summed E-state index contributed by atoms with van der Waals surface area (Å²) in [5.41, 5.74) is 3.36. The largest absolute Gasteiger partial charge is 0.383 e. The minimum atomic E-state index is -0.136. The lowest BCUT2D eigenvalue weighted by Crippen LogP contribution is -2.26. The molecule has 28 heavy (non-hydrogen) atoms. The number of anilines is 1. The van der Waals surface area contributed by atoms with Crippen LogP contribution in [0.15, 0.2) is 52.4 Å². The Morgan fingerprint density at radius 2 is 1.86 bits per heavy atom. The number of thioether (sulfide) groups is 1. The quantitative estimate of drug-likeness (QED) is 0.489. The molecule has 0 aliphatic rings. The number of amides is 1.